The Labute approximate surface area is 179 Å². The lowest BCUT2D eigenvalue weighted by atomic mass is 10.2. The maximum atomic E-state index is 12.6. The summed E-state index contributed by atoms with van der Waals surface area (Å²) in [6.45, 7) is 1.56. The minimum Gasteiger partial charge on any atom is -0.484 e. The van der Waals surface area contributed by atoms with Gasteiger partial charge in [0.1, 0.15) is 11.5 Å². The van der Waals surface area contributed by atoms with Crippen LogP contribution in [-0.4, -0.2) is 36.4 Å². The highest BCUT2D eigenvalue weighted by atomic mass is 35.5. The van der Waals surface area contributed by atoms with Crippen molar-refractivity contribution < 1.29 is 18.7 Å². The first-order chi connectivity index (χ1) is 14.6. The van der Waals surface area contributed by atoms with Crippen LogP contribution in [0, 0.1) is 0 Å². The summed E-state index contributed by atoms with van der Waals surface area (Å²) in [5.74, 6) is 0.781. The lowest BCUT2D eigenvalue weighted by molar-refractivity contribution is -0.132. The third kappa shape index (κ3) is 4.66. The maximum absolute atomic E-state index is 12.6. The number of carbonyl (C=O) groups excluding carboxylic acids is 2. The molecule has 0 radical (unpaired) electrons. The van der Waals surface area contributed by atoms with E-state index in [0.717, 1.165) is 31.5 Å². The number of nitrogens with one attached hydrogen (secondary N) is 1. The van der Waals surface area contributed by atoms with Crippen LogP contribution in [0.4, 0.5) is 5.69 Å². The highest BCUT2D eigenvalue weighted by Crippen LogP contribution is 2.29. The van der Waals surface area contributed by atoms with Gasteiger partial charge in [0, 0.05) is 30.4 Å². The molecule has 2 aromatic carbocycles. The van der Waals surface area contributed by atoms with Crippen LogP contribution in [0.15, 0.2) is 65.1 Å². The number of anilines is 1. The predicted octanol–water partition coefficient (Wildman–Crippen LogP) is 4.85. The van der Waals surface area contributed by atoms with Crippen molar-refractivity contribution in [1.29, 1.82) is 0 Å². The third-order valence-electron chi connectivity index (χ3n) is 4.88. The second-order valence-corrected chi connectivity index (χ2v) is 7.41. The molecule has 1 aliphatic rings. The minimum atomic E-state index is -0.390. The Hall–Kier alpha value is -3.25. The topological polar surface area (TPSA) is 71.8 Å². The number of benzene rings is 2. The van der Waals surface area contributed by atoms with Gasteiger partial charge < -0.3 is 19.4 Å². The Morgan fingerprint density at radius 1 is 1.03 bits per heavy atom. The number of hydrogen-bond donors (Lipinski definition) is 1. The number of amides is 2. The normalized spacial score (nSPS) is 13.3. The zero-order valence-electron chi connectivity index (χ0n) is 16.3. The van der Waals surface area contributed by atoms with E-state index >= 15 is 0 Å². The molecular weight excluding hydrogens is 404 g/mol. The van der Waals surface area contributed by atoms with Crippen LogP contribution in [0.25, 0.3) is 11.3 Å². The summed E-state index contributed by atoms with van der Waals surface area (Å²) in [6, 6.07) is 17.5. The molecule has 1 fully saturated rings. The standard InChI is InChI=1S/C23H21ClN2O4/c24-19-9-2-1-8-18(19)20-10-11-21(30-20)23(28)25-16-6-5-7-17(14-16)29-15-22(27)26-12-3-4-13-26/h1-2,5-11,14H,3-4,12-13,15H2,(H,25,28). The van der Waals surface area contributed by atoms with E-state index in [9.17, 15) is 9.59 Å². The summed E-state index contributed by atoms with van der Waals surface area (Å²) in [7, 11) is 0. The number of halogens is 1. The highest BCUT2D eigenvalue weighted by molar-refractivity contribution is 6.33. The highest BCUT2D eigenvalue weighted by Gasteiger charge is 2.18. The summed E-state index contributed by atoms with van der Waals surface area (Å²) in [5.41, 5.74) is 1.26. The SMILES string of the molecule is O=C(Nc1cccc(OCC(=O)N2CCCC2)c1)c1ccc(-c2ccccc2Cl)o1. The van der Waals surface area contributed by atoms with Crippen molar-refractivity contribution in [2.45, 2.75) is 12.8 Å². The molecule has 0 unspecified atom stereocenters. The summed E-state index contributed by atoms with van der Waals surface area (Å²) in [4.78, 5) is 26.5. The molecule has 1 aliphatic heterocycles. The second-order valence-electron chi connectivity index (χ2n) is 7.00. The van der Waals surface area contributed by atoms with E-state index < -0.39 is 5.91 Å². The van der Waals surface area contributed by atoms with Gasteiger partial charge in [-0.15, -0.1) is 0 Å². The average molecular weight is 425 g/mol. The van der Waals surface area contributed by atoms with Crippen LogP contribution < -0.4 is 10.1 Å². The summed E-state index contributed by atoms with van der Waals surface area (Å²) in [6.07, 6.45) is 2.08. The van der Waals surface area contributed by atoms with Gasteiger partial charge in [0.15, 0.2) is 12.4 Å². The Bertz CT molecular complexity index is 1060. The fraction of sp³-hybridized carbons (Fsp3) is 0.217. The summed E-state index contributed by atoms with van der Waals surface area (Å²) in [5, 5.41) is 3.33. The Kier molecular flexibility index (Phi) is 6.05. The number of hydrogen-bond acceptors (Lipinski definition) is 4. The molecule has 30 heavy (non-hydrogen) atoms. The molecule has 0 aliphatic carbocycles. The van der Waals surface area contributed by atoms with E-state index in [-0.39, 0.29) is 18.3 Å². The smallest absolute Gasteiger partial charge is 0.291 e. The number of nitrogens with zero attached hydrogens (tertiary/aromatic N) is 1. The number of furan rings is 1. The van der Waals surface area contributed by atoms with Gasteiger partial charge in [0.25, 0.3) is 11.8 Å². The van der Waals surface area contributed by atoms with Crippen molar-refractivity contribution in [3.05, 3.63) is 71.4 Å². The molecular formula is C23H21ClN2O4. The first-order valence-electron chi connectivity index (χ1n) is 9.77. The fourth-order valence-corrected chi connectivity index (χ4v) is 3.55. The van der Waals surface area contributed by atoms with E-state index in [0.29, 0.717) is 22.2 Å². The molecule has 1 saturated heterocycles. The molecule has 6 nitrogen and oxygen atoms in total. The van der Waals surface area contributed by atoms with Gasteiger partial charge >= 0.3 is 0 Å². The Morgan fingerprint density at radius 2 is 1.83 bits per heavy atom. The molecule has 0 atom stereocenters. The van der Waals surface area contributed by atoms with Crippen molar-refractivity contribution in [1.82, 2.24) is 4.90 Å². The molecule has 4 rings (SSSR count). The van der Waals surface area contributed by atoms with Crippen molar-refractivity contribution in [3.8, 4) is 17.1 Å². The molecule has 0 spiro atoms. The van der Waals surface area contributed by atoms with Crippen LogP contribution >= 0.6 is 11.6 Å². The first-order valence-corrected chi connectivity index (χ1v) is 10.1. The quantitative estimate of drug-likeness (QED) is 0.613. The number of carbonyl (C=O) groups is 2. The molecule has 0 bridgehead atoms. The molecule has 154 valence electrons. The maximum Gasteiger partial charge on any atom is 0.291 e. The number of rotatable bonds is 6. The number of likely N-dealkylation sites (tertiary alicyclic amines) is 1. The van der Waals surface area contributed by atoms with Gasteiger partial charge in [-0.1, -0.05) is 29.8 Å². The van der Waals surface area contributed by atoms with Gasteiger partial charge in [-0.3, -0.25) is 9.59 Å². The van der Waals surface area contributed by atoms with E-state index in [1.165, 1.54) is 0 Å². The van der Waals surface area contributed by atoms with Gasteiger partial charge in [-0.05, 0) is 49.2 Å². The van der Waals surface area contributed by atoms with Crippen molar-refractivity contribution >= 4 is 29.1 Å². The molecule has 2 amide bonds. The zero-order valence-corrected chi connectivity index (χ0v) is 17.0. The minimum absolute atomic E-state index is 0.0171. The van der Waals surface area contributed by atoms with E-state index in [1.807, 2.05) is 18.2 Å². The Morgan fingerprint density at radius 3 is 2.63 bits per heavy atom. The molecule has 1 N–H and O–H groups in total. The van der Waals surface area contributed by atoms with E-state index in [1.54, 1.807) is 47.4 Å². The molecule has 7 heteroatoms. The Balaban J connectivity index is 1.38. The van der Waals surface area contributed by atoms with Crippen LogP contribution in [0.1, 0.15) is 23.4 Å². The second kappa shape index (κ2) is 9.05. The molecule has 1 aromatic heterocycles. The van der Waals surface area contributed by atoms with Gasteiger partial charge in [-0.2, -0.15) is 0 Å². The zero-order chi connectivity index (χ0) is 20.9. The fourth-order valence-electron chi connectivity index (χ4n) is 3.32. The van der Waals surface area contributed by atoms with Crippen molar-refractivity contribution in [2.24, 2.45) is 0 Å². The monoisotopic (exact) mass is 424 g/mol. The molecule has 0 saturated carbocycles. The van der Waals surface area contributed by atoms with E-state index in [4.69, 9.17) is 20.8 Å². The summed E-state index contributed by atoms with van der Waals surface area (Å²) < 4.78 is 11.3. The average Bonchev–Trinajstić information content (AvgIpc) is 3.45. The van der Waals surface area contributed by atoms with Crippen LogP contribution in [-0.2, 0) is 4.79 Å². The van der Waals surface area contributed by atoms with Crippen molar-refractivity contribution in [3.63, 3.8) is 0 Å². The van der Waals surface area contributed by atoms with Gasteiger partial charge in [0.2, 0.25) is 0 Å². The lowest BCUT2D eigenvalue weighted by Gasteiger charge is -2.15. The number of ether oxygens (including phenoxy) is 1. The van der Waals surface area contributed by atoms with E-state index in [2.05, 4.69) is 5.32 Å². The molecule has 3 aromatic rings. The largest absolute Gasteiger partial charge is 0.484 e. The predicted molar refractivity (Wildman–Crippen MR) is 115 cm³/mol. The third-order valence-corrected chi connectivity index (χ3v) is 5.21. The van der Waals surface area contributed by atoms with Gasteiger partial charge in [0.05, 0.1) is 5.02 Å². The van der Waals surface area contributed by atoms with Crippen LogP contribution in [0.3, 0.4) is 0 Å². The van der Waals surface area contributed by atoms with Gasteiger partial charge in [-0.25, -0.2) is 0 Å². The van der Waals surface area contributed by atoms with Crippen molar-refractivity contribution in [2.75, 3.05) is 25.0 Å². The molecule has 2 heterocycles. The van der Waals surface area contributed by atoms with Crippen LogP contribution in [0.5, 0.6) is 5.75 Å². The lowest BCUT2D eigenvalue weighted by Crippen LogP contribution is -2.32. The first kappa shape index (κ1) is 20.0. The van der Waals surface area contributed by atoms with Crippen LogP contribution in [0.2, 0.25) is 5.02 Å². The summed E-state index contributed by atoms with van der Waals surface area (Å²) >= 11 is 6.19.